The largest absolute Gasteiger partial charge is 0.342 e. The van der Waals surface area contributed by atoms with E-state index in [4.69, 9.17) is 0 Å². The van der Waals surface area contributed by atoms with Crippen LogP contribution in [-0.2, 0) is 4.79 Å². The third-order valence-corrected chi connectivity index (χ3v) is 6.70. The number of hydrogen-bond acceptors (Lipinski definition) is 4. The zero-order chi connectivity index (χ0) is 21.4. The number of rotatable bonds is 3. The van der Waals surface area contributed by atoms with Crippen LogP contribution in [0.25, 0.3) is 11.0 Å². The van der Waals surface area contributed by atoms with Gasteiger partial charge in [-0.15, -0.1) is 0 Å². The van der Waals surface area contributed by atoms with Crippen molar-refractivity contribution in [3.8, 4) is 0 Å². The lowest BCUT2D eigenvalue weighted by Crippen LogP contribution is -2.44. The summed E-state index contributed by atoms with van der Waals surface area (Å²) >= 11 is 0. The van der Waals surface area contributed by atoms with Gasteiger partial charge >= 0.3 is 0 Å². The van der Waals surface area contributed by atoms with E-state index in [0.29, 0.717) is 19.6 Å². The van der Waals surface area contributed by atoms with E-state index in [1.165, 1.54) is 0 Å². The van der Waals surface area contributed by atoms with Gasteiger partial charge in [-0.2, -0.15) is 0 Å². The number of likely N-dealkylation sites (tertiary alicyclic amines) is 2. The zero-order valence-corrected chi connectivity index (χ0v) is 17.8. The number of H-pyrrole nitrogens is 1. The standard InChI is InChI=1S/C24H27N5O2/c1-16-4-2-3-5-19(16)24(31)28-11-7-17(8-12-28)23(30)29-13-9-18(15-29)22-26-20-6-10-25-14-21(20)27-22/h2-6,10,14,17-18H,7-9,11-13,15H2,1H3,(H,26,27). The molecule has 2 aliphatic heterocycles. The van der Waals surface area contributed by atoms with Gasteiger partial charge < -0.3 is 14.8 Å². The minimum absolute atomic E-state index is 0.000423. The Morgan fingerprint density at radius 3 is 2.58 bits per heavy atom. The molecule has 2 aliphatic rings. The molecule has 1 aromatic carbocycles. The fraction of sp³-hybridized carbons (Fsp3) is 0.417. The summed E-state index contributed by atoms with van der Waals surface area (Å²) in [5, 5.41) is 0. The van der Waals surface area contributed by atoms with Crippen LogP contribution in [-0.4, -0.2) is 62.7 Å². The third-order valence-electron chi connectivity index (χ3n) is 6.70. The molecule has 31 heavy (non-hydrogen) atoms. The summed E-state index contributed by atoms with van der Waals surface area (Å²) in [7, 11) is 0. The van der Waals surface area contributed by atoms with Crippen LogP contribution >= 0.6 is 0 Å². The first kappa shape index (κ1) is 19.7. The van der Waals surface area contributed by atoms with Gasteiger partial charge in [-0.25, -0.2) is 4.98 Å². The predicted molar refractivity (Wildman–Crippen MR) is 118 cm³/mol. The van der Waals surface area contributed by atoms with Crippen molar-refractivity contribution in [2.75, 3.05) is 26.2 Å². The molecule has 3 aromatic rings. The Balaban J connectivity index is 1.18. The molecule has 1 unspecified atom stereocenters. The molecule has 2 amide bonds. The summed E-state index contributed by atoms with van der Waals surface area (Å²) < 4.78 is 0. The number of aromatic nitrogens is 3. The molecule has 7 heteroatoms. The summed E-state index contributed by atoms with van der Waals surface area (Å²) in [4.78, 5) is 42.0. The molecule has 5 rings (SSSR count). The van der Waals surface area contributed by atoms with Crippen molar-refractivity contribution in [1.29, 1.82) is 0 Å². The van der Waals surface area contributed by atoms with E-state index < -0.39 is 0 Å². The number of nitrogens with zero attached hydrogens (tertiary/aromatic N) is 4. The van der Waals surface area contributed by atoms with Crippen molar-refractivity contribution in [2.24, 2.45) is 5.92 Å². The summed E-state index contributed by atoms with van der Waals surface area (Å²) in [6.07, 6.45) is 5.91. The first-order valence-corrected chi connectivity index (χ1v) is 11.0. The molecule has 1 N–H and O–H groups in total. The molecule has 1 atom stereocenters. The Bertz CT molecular complexity index is 1080. The number of aryl methyl sites for hydroxylation is 1. The van der Waals surface area contributed by atoms with Crippen molar-refractivity contribution in [2.45, 2.75) is 32.1 Å². The number of pyridine rings is 1. The molecule has 2 saturated heterocycles. The number of benzene rings is 1. The van der Waals surface area contributed by atoms with E-state index in [2.05, 4.69) is 15.0 Å². The summed E-state index contributed by atoms with van der Waals surface area (Å²) in [6, 6.07) is 9.60. The van der Waals surface area contributed by atoms with Crippen LogP contribution in [0.15, 0.2) is 42.7 Å². The highest BCUT2D eigenvalue weighted by atomic mass is 16.2. The molecular formula is C24H27N5O2. The van der Waals surface area contributed by atoms with Gasteiger partial charge in [-0.05, 0) is 43.9 Å². The third kappa shape index (κ3) is 3.80. The van der Waals surface area contributed by atoms with Crippen molar-refractivity contribution in [3.05, 3.63) is 59.7 Å². The Kier molecular flexibility index (Phi) is 5.18. The molecule has 0 spiro atoms. The second-order valence-corrected chi connectivity index (χ2v) is 8.67. The number of hydrogen-bond donors (Lipinski definition) is 1. The summed E-state index contributed by atoms with van der Waals surface area (Å²) in [6.45, 7) is 4.70. The Labute approximate surface area is 181 Å². The lowest BCUT2D eigenvalue weighted by atomic mass is 9.94. The Morgan fingerprint density at radius 1 is 1.03 bits per heavy atom. The molecule has 4 heterocycles. The van der Waals surface area contributed by atoms with Crippen LogP contribution in [0, 0.1) is 12.8 Å². The van der Waals surface area contributed by atoms with Gasteiger partial charge in [0.15, 0.2) is 0 Å². The highest BCUT2D eigenvalue weighted by molar-refractivity contribution is 5.95. The first-order valence-electron chi connectivity index (χ1n) is 11.0. The van der Waals surface area contributed by atoms with Crippen molar-refractivity contribution in [3.63, 3.8) is 0 Å². The molecule has 2 aromatic heterocycles. The van der Waals surface area contributed by atoms with Crippen molar-refractivity contribution in [1.82, 2.24) is 24.8 Å². The number of carbonyl (C=O) groups is 2. The smallest absolute Gasteiger partial charge is 0.254 e. The van der Waals surface area contributed by atoms with Gasteiger partial charge in [-0.3, -0.25) is 14.6 Å². The van der Waals surface area contributed by atoms with Gasteiger partial charge in [0.1, 0.15) is 5.82 Å². The van der Waals surface area contributed by atoms with E-state index in [1.807, 2.05) is 47.1 Å². The predicted octanol–water partition coefficient (Wildman–Crippen LogP) is 3.13. The second kappa shape index (κ2) is 8.13. The molecule has 0 saturated carbocycles. The topological polar surface area (TPSA) is 82.2 Å². The minimum Gasteiger partial charge on any atom is -0.342 e. The Morgan fingerprint density at radius 2 is 1.81 bits per heavy atom. The highest BCUT2D eigenvalue weighted by Gasteiger charge is 2.35. The number of nitrogens with one attached hydrogen (secondary N) is 1. The van der Waals surface area contributed by atoms with Crippen LogP contribution < -0.4 is 0 Å². The average molecular weight is 418 g/mol. The monoisotopic (exact) mass is 417 g/mol. The Hall–Kier alpha value is -3.22. The molecule has 0 radical (unpaired) electrons. The highest BCUT2D eigenvalue weighted by Crippen LogP contribution is 2.30. The van der Waals surface area contributed by atoms with E-state index in [9.17, 15) is 9.59 Å². The van der Waals surface area contributed by atoms with E-state index in [0.717, 1.165) is 53.8 Å². The second-order valence-electron chi connectivity index (χ2n) is 8.67. The van der Waals surface area contributed by atoms with Crippen LogP contribution in [0.1, 0.15) is 46.9 Å². The van der Waals surface area contributed by atoms with Gasteiger partial charge in [0.25, 0.3) is 5.91 Å². The van der Waals surface area contributed by atoms with Crippen molar-refractivity contribution >= 4 is 22.8 Å². The number of carbonyl (C=O) groups excluding carboxylic acids is 2. The quantitative estimate of drug-likeness (QED) is 0.710. The average Bonchev–Trinajstić information content (AvgIpc) is 3.46. The number of piperidine rings is 1. The van der Waals surface area contributed by atoms with Gasteiger partial charge in [0, 0.05) is 49.8 Å². The fourth-order valence-corrected chi connectivity index (χ4v) is 4.82. The lowest BCUT2D eigenvalue weighted by molar-refractivity contribution is -0.135. The first-order chi connectivity index (χ1) is 15.1. The number of imidazole rings is 1. The number of aromatic amines is 1. The maximum Gasteiger partial charge on any atom is 0.254 e. The number of fused-ring (bicyclic) bond motifs is 1. The summed E-state index contributed by atoms with van der Waals surface area (Å²) in [5.41, 5.74) is 3.61. The molecule has 0 bridgehead atoms. The van der Waals surface area contributed by atoms with Crippen LogP contribution in [0.2, 0.25) is 0 Å². The zero-order valence-electron chi connectivity index (χ0n) is 17.8. The van der Waals surface area contributed by atoms with E-state index in [1.54, 1.807) is 12.4 Å². The maximum atomic E-state index is 13.1. The van der Waals surface area contributed by atoms with Crippen LogP contribution in [0.5, 0.6) is 0 Å². The lowest BCUT2D eigenvalue weighted by Gasteiger charge is -2.33. The number of amides is 2. The fourth-order valence-electron chi connectivity index (χ4n) is 4.82. The van der Waals surface area contributed by atoms with Crippen LogP contribution in [0.3, 0.4) is 0 Å². The SMILES string of the molecule is Cc1ccccc1C(=O)N1CCC(C(=O)N2CCC(c3nc4ccncc4[nH]3)C2)CC1. The molecular weight excluding hydrogens is 390 g/mol. The molecule has 160 valence electrons. The normalized spacial score (nSPS) is 19.8. The molecule has 0 aliphatic carbocycles. The minimum atomic E-state index is -0.000423. The van der Waals surface area contributed by atoms with Gasteiger partial charge in [-0.1, -0.05) is 18.2 Å². The van der Waals surface area contributed by atoms with Crippen molar-refractivity contribution < 1.29 is 9.59 Å². The van der Waals surface area contributed by atoms with Gasteiger partial charge in [0.2, 0.25) is 5.91 Å². The van der Waals surface area contributed by atoms with E-state index in [-0.39, 0.29) is 23.7 Å². The molecule has 2 fully saturated rings. The van der Waals surface area contributed by atoms with Crippen LogP contribution in [0.4, 0.5) is 0 Å². The summed E-state index contributed by atoms with van der Waals surface area (Å²) in [5.74, 6) is 1.48. The maximum absolute atomic E-state index is 13.1. The van der Waals surface area contributed by atoms with E-state index >= 15 is 0 Å². The molecule has 7 nitrogen and oxygen atoms in total. The van der Waals surface area contributed by atoms with Gasteiger partial charge in [0.05, 0.1) is 17.2 Å².